The smallest absolute Gasteiger partial charge is 0.255 e. The van der Waals surface area contributed by atoms with Gasteiger partial charge in [0.25, 0.3) is 5.91 Å². The third-order valence-corrected chi connectivity index (χ3v) is 3.86. The van der Waals surface area contributed by atoms with E-state index >= 15 is 0 Å². The highest BCUT2D eigenvalue weighted by Crippen LogP contribution is 2.24. The van der Waals surface area contributed by atoms with Crippen molar-refractivity contribution in [1.82, 2.24) is 0 Å². The number of anilines is 1. The second-order valence-corrected chi connectivity index (χ2v) is 6.53. The van der Waals surface area contributed by atoms with Crippen LogP contribution in [0.2, 0.25) is 0 Å². The van der Waals surface area contributed by atoms with Crippen LogP contribution in [-0.4, -0.2) is 5.91 Å². The van der Waals surface area contributed by atoms with Gasteiger partial charge in [0.2, 0.25) is 0 Å². The van der Waals surface area contributed by atoms with E-state index in [0.29, 0.717) is 0 Å². The Hall–Kier alpha value is -2.09. The van der Waals surface area contributed by atoms with Crippen LogP contribution in [0, 0.1) is 13.8 Å². The molecule has 0 spiro atoms. The zero-order valence-corrected chi connectivity index (χ0v) is 13.4. The molecule has 21 heavy (non-hydrogen) atoms. The summed E-state index contributed by atoms with van der Waals surface area (Å²) >= 11 is 0. The lowest BCUT2D eigenvalue weighted by Gasteiger charge is -2.19. The van der Waals surface area contributed by atoms with Crippen molar-refractivity contribution in [3.63, 3.8) is 0 Å². The maximum atomic E-state index is 12.4. The Kier molecular flexibility index (Phi) is 4.17. The Balaban J connectivity index is 2.18. The number of hydrogen-bond donors (Lipinski definition) is 1. The molecular formula is C19H23NO. The molecule has 0 aromatic heterocycles. The van der Waals surface area contributed by atoms with Crippen LogP contribution in [-0.2, 0) is 5.41 Å². The number of carbonyl (C=O) groups is 1. The van der Waals surface area contributed by atoms with Gasteiger partial charge in [-0.15, -0.1) is 0 Å². The van der Waals surface area contributed by atoms with E-state index in [1.807, 2.05) is 44.2 Å². The van der Waals surface area contributed by atoms with Gasteiger partial charge < -0.3 is 5.32 Å². The van der Waals surface area contributed by atoms with E-state index in [4.69, 9.17) is 0 Å². The molecule has 0 aliphatic rings. The molecule has 0 saturated heterocycles. The summed E-state index contributed by atoms with van der Waals surface area (Å²) < 4.78 is 0. The normalized spacial score (nSPS) is 11.3. The first-order valence-corrected chi connectivity index (χ1v) is 7.27. The first-order valence-electron chi connectivity index (χ1n) is 7.27. The minimum absolute atomic E-state index is 0.0558. The Bertz CT molecular complexity index is 648. The second kappa shape index (κ2) is 5.72. The predicted molar refractivity (Wildman–Crippen MR) is 89.0 cm³/mol. The molecule has 2 aromatic carbocycles. The van der Waals surface area contributed by atoms with Crippen LogP contribution in [0.25, 0.3) is 0 Å². The number of hydrogen-bond acceptors (Lipinski definition) is 1. The van der Waals surface area contributed by atoms with Crippen molar-refractivity contribution in [3.8, 4) is 0 Å². The largest absolute Gasteiger partial charge is 0.322 e. The van der Waals surface area contributed by atoms with Gasteiger partial charge in [-0.3, -0.25) is 4.79 Å². The number of nitrogens with one attached hydrogen (secondary N) is 1. The van der Waals surface area contributed by atoms with Gasteiger partial charge in [-0.05, 0) is 54.2 Å². The Morgan fingerprint density at radius 1 is 0.952 bits per heavy atom. The average molecular weight is 281 g/mol. The first kappa shape index (κ1) is 15.3. The molecule has 0 bridgehead atoms. The summed E-state index contributed by atoms with van der Waals surface area (Å²) in [7, 11) is 0. The van der Waals surface area contributed by atoms with Crippen LogP contribution in [0.1, 0.15) is 47.8 Å². The van der Waals surface area contributed by atoms with Crippen LogP contribution in [0.15, 0.2) is 42.5 Å². The highest BCUT2D eigenvalue weighted by atomic mass is 16.1. The summed E-state index contributed by atoms with van der Waals surface area (Å²) in [4.78, 5) is 12.4. The molecule has 0 saturated carbocycles. The molecule has 110 valence electrons. The lowest BCUT2D eigenvalue weighted by molar-refractivity contribution is 0.102. The highest BCUT2D eigenvalue weighted by molar-refractivity contribution is 6.05. The van der Waals surface area contributed by atoms with Crippen LogP contribution >= 0.6 is 0 Å². The standard InChI is InChI=1S/C19H23NO/c1-13-7-6-8-17(14(13)2)18(21)20-16-11-9-15(10-12-16)19(3,4)5/h6-12H,1-5H3,(H,20,21). The molecule has 0 atom stereocenters. The summed E-state index contributed by atoms with van der Waals surface area (Å²) in [6.45, 7) is 10.5. The molecule has 0 unspecified atom stereocenters. The van der Waals surface area contributed by atoms with Crippen molar-refractivity contribution < 1.29 is 4.79 Å². The van der Waals surface area contributed by atoms with Gasteiger partial charge in [0.05, 0.1) is 0 Å². The molecule has 2 rings (SSSR count). The van der Waals surface area contributed by atoms with Gasteiger partial charge >= 0.3 is 0 Å². The minimum atomic E-state index is -0.0558. The lowest BCUT2D eigenvalue weighted by atomic mass is 9.87. The van der Waals surface area contributed by atoms with Crippen molar-refractivity contribution >= 4 is 11.6 Å². The van der Waals surface area contributed by atoms with E-state index in [9.17, 15) is 4.79 Å². The maximum Gasteiger partial charge on any atom is 0.255 e. The van der Waals surface area contributed by atoms with Gasteiger partial charge in [-0.1, -0.05) is 45.0 Å². The van der Waals surface area contributed by atoms with Crippen LogP contribution in [0.4, 0.5) is 5.69 Å². The highest BCUT2D eigenvalue weighted by Gasteiger charge is 2.14. The Morgan fingerprint density at radius 3 is 2.14 bits per heavy atom. The fourth-order valence-electron chi connectivity index (χ4n) is 2.25. The van der Waals surface area contributed by atoms with Gasteiger partial charge in [0.15, 0.2) is 0 Å². The molecule has 0 radical (unpaired) electrons. The fraction of sp³-hybridized carbons (Fsp3) is 0.316. The fourth-order valence-corrected chi connectivity index (χ4v) is 2.25. The molecule has 0 heterocycles. The molecule has 1 N–H and O–H groups in total. The van der Waals surface area contributed by atoms with E-state index in [0.717, 1.165) is 22.4 Å². The van der Waals surface area contributed by atoms with Gasteiger partial charge in [0, 0.05) is 11.3 Å². The maximum absolute atomic E-state index is 12.4. The van der Waals surface area contributed by atoms with Crippen molar-refractivity contribution in [2.45, 2.75) is 40.0 Å². The third-order valence-electron chi connectivity index (χ3n) is 3.86. The van der Waals surface area contributed by atoms with E-state index in [1.165, 1.54) is 5.56 Å². The molecule has 1 amide bonds. The van der Waals surface area contributed by atoms with E-state index in [1.54, 1.807) is 0 Å². The monoisotopic (exact) mass is 281 g/mol. The quantitative estimate of drug-likeness (QED) is 0.837. The molecule has 2 aromatic rings. The average Bonchev–Trinajstić information content (AvgIpc) is 2.41. The van der Waals surface area contributed by atoms with Crippen molar-refractivity contribution in [3.05, 3.63) is 64.7 Å². The zero-order chi connectivity index (χ0) is 15.6. The van der Waals surface area contributed by atoms with E-state index in [-0.39, 0.29) is 11.3 Å². The van der Waals surface area contributed by atoms with Crippen LogP contribution in [0.3, 0.4) is 0 Å². The number of amides is 1. The SMILES string of the molecule is Cc1cccc(C(=O)Nc2ccc(C(C)(C)C)cc2)c1C. The topological polar surface area (TPSA) is 29.1 Å². The number of aryl methyl sites for hydroxylation is 1. The van der Waals surface area contributed by atoms with Gasteiger partial charge in [-0.2, -0.15) is 0 Å². The summed E-state index contributed by atoms with van der Waals surface area (Å²) in [5, 5.41) is 2.97. The van der Waals surface area contributed by atoms with Crippen molar-refractivity contribution in [2.24, 2.45) is 0 Å². The Morgan fingerprint density at radius 2 is 1.57 bits per heavy atom. The summed E-state index contributed by atoms with van der Waals surface area (Å²) in [6, 6.07) is 13.9. The minimum Gasteiger partial charge on any atom is -0.322 e. The number of carbonyl (C=O) groups excluding carboxylic acids is 1. The predicted octanol–water partition coefficient (Wildman–Crippen LogP) is 4.85. The molecule has 2 heteroatoms. The van der Waals surface area contributed by atoms with Gasteiger partial charge in [-0.25, -0.2) is 0 Å². The van der Waals surface area contributed by atoms with Crippen molar-refractivity contribution in [1.29, 1.82) is 0 Å². The molecule has 0 fully saturated rings. The molecule has 0 aliphatic heterocycles. The Labute approximate surface area is 127 Å². The van der Waals surface area contributed by atoms with Gasteiger partial charge in [0.1, 0.15) is 0 Å². The molecule has 0 aliphatic carbocycles. The second-order valence-electron chi connectivity index (χ2n) is 6.53. The first-order chi connectivity index (χ1) is 9.79. The summed E-state index contributed by atoms with van der Waals surface area (Å²) in [5.41, 5.74) is 5.10. The summed E-state index contributed by atoms with van der Waals surface area (Å²) in [6.07, 6.45) is 0. The van der Waals surface area contributed by atoms with Crippen molar-refractivity contribution in [2.75, 3.05) is 5.32 Å². The molecule has 2 nitrogen and oxygen atoms in total. The van der Waals surface area contributed by atoms with E-state index in [2.05, 4.69) is 38.2 Å². The van der Waals surface area contributed by atoms with Crippen LogP contribution < -0.4 is 5.32 Å². The number of benzene rings is 2. The van der Waals surface area contributed by atoms with Crippen LogP contribution in [0.5, 0.6) is 0 Å². The van der Waals surface area contributed by atoms with E-state index < -0.39 is 0 Å². The summed E-state index contributed by atoms with van der Waals surface area (Å²) in [5.74, 6) is -0.0558. The third kappa shape index (κ3) is 3.52. The number of rotatable bonds is 2. The lowest BCUT2D eigenvalue weighted by Crippen LogP contribution is -2.15. The zero-order valence-electron chi connectivity index (χ0n) is 13.4. The molecular weight excluding hydrogens is 258 g/mol.